The van der Waals surface area contributed by atoms with Crippen molar-refractivity contribution >= 4 is 28.5 Å². The van der Waals surface area contributed by atoms with Crippen LogP contribution in [0.3, 0.4) is 0 Å². The number of benzene rings is 2. The van der Waals surface area contributed by atoms with Gasteiger partial charge in [-0.05, 0) is 37.3 Å². The van der Waals surface area contributed by atoms with Gasteiger partial charge in [-0.15, -0.1) is 0 Å². The Kier molecular flexibility index (Phi) is 5.65. The second-order valence-electron chi connectivity index (χ2n) is 7.26. The zero-order valence-electron chi connectivity index (χ0n) is 17.1. The highest BCUT2D eigenvalue weighted by Crippen LogP contribution is 2.36. The number of nitrogens with zero attached hydrogens (tertiary/aromatic N) is 2. The number of esters is 1. The highest BCUT2D eigenvalue weighted by Gasteiger charge is 2.19. The van der Waals surface area contributed by atoms with Gasteiger partial charge >= 0.3 is 5.97 Å². The number of aromatic nitrogens is 2. The Balaban J connectivity index is 1.88. The van der Waals surface area contributed by atoms with E-state index in [1.54, 1.807) is 36.5 Å². The van der Waals surface area contributed by atoms with Crippen LogP contribution in [0.2, 0.25) is 5.02 Å². The number of carbonyl (C=O) groups is 1. The molecule has 0 atom stereocenters. The normalized spacial score (nSPS) is 11.1. The summed E-state index contributed by atoms with van der Waals surface area (Å²) in [6.45, 7) is 2.06. The van der Waals surface area contributed by atoms with Crippen LogP contribution < -0.4 is 5.56 Å². The summed E-state index contributed by atoms with van der Waals surface area (Å²) in [7, 11) is 1.35. The lowest BCUT2D eigenvalue weighted by molar-refractivity contribution is -0.141. The van der Waals surface area contributed by atoms with Crippen molar-refractivity contribution in [2.75, 3.05) is 7.11 Å². The van der Waals surface area contributed by atoms with Crippen LogP contribution in [0.4, 0.5) is 4.39 Å². The summed E-state index contributed by atoms with van der Waals surface area (Å²) < 4.78 is 22.3. The third-order valence-corrected chi connectivity index (χ3v) is 5.61. The molecular weight excluding hydrogens is 419 g/mol. The molecule has 0 aliphatic rings. The number of rotatable bonds is 5. The minimum Gasteiger partial charge on any atom is -0.468 e. The molecule has 0 aliphatic heterocycles. The summed E-state index contributed by atoms with van der Waals surface area (Å²) in [5.41, 5.74) is 3.47. The van der Waals surface area contributed by atoms with E-state index in [0.717, 1.165) is 27.7 Å². The van der Waals surface area contributed by atoms with Gasteiger partial charge in [-0.25, -0.2) is 4.39 Å². The standard InChI is InChI=1S/C24H20ClFN2O3/c1-15-24(19-11-18(25)8-9-21(19)28(15)14-23(30)31-2)17-7-10-22(29)27(13-17)12-16-5-3-4-6-20(16)26/h3-11,13H,12,14H2,1-2H3. The molecule has 0 unspecified atom stereocenters. The van der Waals surface area contributed by atoms with E-state index in [1.165, 1.54) is 23.8 Å². The SMILES string of the molecule is COC(=O)Cn1c(C)c(-c2ccc(=O)n(Cc3ccccc3F)c2)c2cc(Cl)ccc21. The molecule has 2 aromatic carbocycles. The average molecular weight is 439 g/mol. The Morgan fingerprint density at radius 1 is 1.13 bits per heavy atom. The van der Waals surface area contributed by atoms with Crippen molar-refractivity contribution in [3.63, 3.8) is 0 Å². The van der Waals surface area contributed by atoms with Crippen LogP contribution in [0.5, 0.6) is 0 Å². The minimum atomic E-state index is -0.369. The second-order valence-corrected chi connectivity index (χ2v) is 7.70. The van der Waals surface area contributed by atoms with E-state index < -0.39 is 0 Å². The zero-order valence-corrected chi connectivity index (χ0v) is 17.8. The molecule has 0 radical (unpaired) electrons. The van der Waals surface area contributed by atoms with Gasteiger partial charge in [-0.2, -0.15) is 0 Å². The van der Waals surface area contributed by atoms with E-state index in [9.17, 15) is 14.0 Å². The molecule has 4 rings (SSSR count). The fourth-order valence-electron chi connectivity index (χ4n) is 3.83. The molecule has 0 N–H and O–H groups in total. The highest BCUT2D eigenvalue weighted by molar-refractivity contribution is 6.31. The lowest BCUT2D eigenvalue weighted by Crippen LogP contribution is -2.19. The number of halogens is 2. The molecule has 5 nitrogen and oxygen atoms in total. The Bertz CT molecular complexity index is 1360. The first-order valence-corrected chi connectivity index (χ1v) is 10.1. The van der Waals surface area contributed by atoms with Gasteiger partial charge in [0.2, 0.25) is 0 Å². The summed E-state index contributed by atoms with van der Waals surface area (Å²) in [4.78, 5) is 24.4. The molecule has 2 aromatic heterocycles. The van der Waals surface area contributed by atoms with Crippen molar-refractivity contribution in [1.82, 2.24) is 9.13 Å². The molecule has 7 heteroatoms. The monoisotopic (exact) mass is 438 g/mol. The molecule has 2 heterocycles. The average Bonchev–Trinajstić information content (AvgIpc) is 3.01. The van der Waals surface area contributed by atoms with E-state index in [1.807, 2.05) is 23.6 Å². The largest absolute Gasteiger partial charge is 0.468 e. The number of hydrogen-bond donors (Lipinski definition) is 0. The topological polar surface area (TPSA) is 53.2 Å². The van der Waals surface area contributed by atoms with E-state index in [0.29, 0.717) is 10.6 Å². The van der Waals surface area contributed by atoms with Gasteiger partial charge in [0.1, 0.15) is 12.4 Å². The summed E-state index contributed by atoms with van der Waals surface area (Å²) in [5, 5.41) is 1.41. The van der Waals surface area contributed by atoms with Crippen molar-refractivity contribution in [2.24, 2.45) is 0 Å². The zero-order chi connectivity index (χ0) is 22.1. The first kappa shape index (κ1) is 20.9. The van der Waals surface area contributed by atoms with Gasteiger partial charge in [-0.1, -0.05) is 29.8 Å². The predicted molar refractivity (Wildman–Crippen MR) is 119 cm³/mol. The molecule has 31 heavy (non-hydrogen) atoms. The lowest BCUT2D eigenvalue weighted by Gasteiger charge is -2.11. The first-order valence-electron chi connectivity index (χ1n) is 9.68. The molecule has 0 amide bonds. The highest BCUT2D eigenvalue weighted by atomic mass is 35.5. The number of methoxy groups -OCH3 is 1. The van der Waals surface area contributed by atoms with Crippen molar-refractivity contribution in [3.8, 4) is 11.1 Å². The molecule has 158 valence electrons. The Labute approximate surface area is 183 Å². The van der Waals surface area contributed by atoms with Gasteiger partial charge in [0.05, 0.1) is 13.7 Å². The van der Waals surface area contributed by atoms with Crippen molar-refractivity contribution in [1.29, 1.82) is 0 Å². The second kappa shape index (κ2) is 8.40. The molecule has 0 saturated heterocycles. The molecule has 0 spiro atoms. The summed E-state index contributed by atoms with van der Waals surface area (Å²) >= 11 is 6.26. The minimum absolute atomic E-state index is 0.0509. The third-order valence-electron chi connectivity index (χ3n) is 5.37. The molecule has 4 aromatic rings. The summed E-state index contributed by atoms with van der Waals surface area (Å²) in [6.07, 6.45) is 1.71. The fraction of sp³-hybridized carbons (Fsp3) is 0.167. The molecule has 0 bridgehead atoms. The maximum Gasteiger partial charge on any atom is 0.325 e. The van der Waals surface area contributed by atoms with Crippen molar-refractivity contribution < 1.29 is 13.9 Å². The van der Waals surface area contributed by atoms with Crippen LogP contribution in [0.15, 0.2) is 65.6 Å². The van der Waals surface area contributed by atoms with E-state index >= 15 is 0 Å². The summed E-state index contributed by atoms with van der Waals surface area (Å²) in [6, 6.07) is 15.0. The van der Waals surface area contributed by atoms with Crippen LogP contribution in [0.1, 0.15) is 11.3 Å². The van der Waals surface area contributed by atoms with Gasteiger partial charge in [0.15, 0.2) is 0 Å². The summed E-state index contributed by atoms with van der Waals surface area (Å²) in [5.74, 6) is -0.733. The molecule has 0 aliphatic carbocycles. The maximum absolute atomic E-state index is 14.1. The lowest BCUT2D eigenvalue weighted by atomic mass is 10.0. The molecular formula is C24H20ClFN2O3. The smallest absolute Gasteiger partial charge is 0.325 e. The van der Waals surface area contributed by atoms with Gasteiger partial charge in [0.25, 0.3) is 5.56 Å². The third kappa shape index (κ3) is 3.99. The first-order chi connectivity index (χ1) is 14.9. The van der Waals surface area contributed by atoms with E-state index in [-0.39, 0.29) is 30.4 Å². The Morgan fingerprint density at radius 3 is 2.65 bits per heavy atom. The molecule has 0 fully saturated rings. The number of fused-ring (bicyclic) bond motifs is 1. The maximum atomic E-state index is 14.1. The fourth-order valence-corrected chi connectivity index (χ4v) is 4.00. The number of carbonyl (C=O) groups excluding carboxylic acids is 1. The Morgan fingerprint density at radius 2 is 1.90 bits per heavy atom. The molecule has 0 saturated carbocycles. The number of pyridine rings is 1. The van der Waals surface area contributed by atoms with Crippen LogP contribution in [0.25, 0.3) is 22.0 Å². The van der Waals surface area contributed by atoms with E-state index in [2.05, 4.69) is 0 Å². The number of hydrogen-bond acceptors (Lipinski definition) is 3. The van der Waals surface area contributed by atoms with Crippen LogP contribution in [-0.4, -0.2) is 22.2 Å². The quantitative estimate of drug-likeness (QED) is 0.421. The van der Waals surface area contributed by atoms with Gasteiger partial charge < -0.3 is 13.9 Å². The van der Waals surface area contributed by atoms with Gasteiger partial charge in [0, 0.05) is 50.6 Å². The van der Waals surface area contributed by atoms with Crippen LogP contribution >= 0.6 is 11.6 Å². The van der Waals surface area contributed by atoms with Crippen LogP contribution in [-0.2, 0) is 22.6 Å². The van der Waals surface area contributed by atoms with Crippen molar-refractivity contribution in [2.45, 2.75) is 20.0 Å². The van der Waals surface area contributed by atoms with Crippen LogP contribution in [0, 0.1) is 12.7 Å². The van der Waals surface area contributed by atoms with Gasteiger partial charge in [-0.3, -0.25) is 9.59 Å². The number of ether oxygens (including phenoxy) is 1. The predicted octanol–water partition coefficient (Wildman–Crippen LogP) is 4.79. The van der Waals surface area contributed by atoms with Crippen molar-refractivity contribution in [3.05, 3.63) is 93.2 Å². The van der Waals surface area contributed by atoms with E-state index in [4.69, 9.17) is 16.3 Å². The Hall–Kier alpha value is -3.38.